The quantitative estimate of drug-likeness (QED) is 0.641. The SMILES string of the molecule is C=C(CCCC)c1ccccc1C. The molecule has 0 amide bonds. The van der Waals surface area contributed by atoms with E-state index in [1.807, 2.05) is 0 Å². The summed E-state index contributed by atoms with van der Waals surface area (Å²) in [5, 5.41) is 0. The zero-order valence-corrected chi connectivity index (χ0v) is 8.64. The van der Waals surface area contributed by atoms with Crippen molar-refractivity contribution in [2.75, 3.05) is 0 Å². The van der Waals surface area contributed by atoms with Crippen molar-refractivity contribution in [2.45, 2.75) is 33.1 Å². The van der Waals surface area contributed by atoms with Crippen LogP contribution < -0.4 is 0 Å². The molecule has 0 radical (unpaired) electrons. The molecule has 0 nitrogen and oxygen atoms in total. The van der Waals surface area contributed by atoms with E-state index in [0.717, 1.165) is 6.42 Å². The Morgan fingerprint density at radius 2 is 2.00 bits per heavy atom. The van der Waals surface area contributed by atoms with Gasteiger partial charge < -0.3 is 0 Å². The molecule has 1 aromatic rings. The second-order valence-electron chi connectivity index (χ2n) is 3.52. The summed E-state index contributed by atoms with van der Waals surface area (Å²) < 4.78 is 0. The highest BCUT2D eigenvalue weighted by molar-refractivity contribution is 5.65. The molecule has 70 valence electrons. The van der Waals surface area contributed by atoms with Gasteiger partial charge in [0.1, 0.15) is 0 Å². The molecule has 0 aliphatic heterocycles. The molecule has 0 heteroatoms. The molecule has 0 N–H and O–H groups in total. The van der Waals surface area contributed by atoms with Gasteiger partial charge in [-0.15, -0.1) is 0 Å². The van der Waals surface area contributed by atoms with E-state index in [4.69, 9.17) is 0 Å². The van der Waals surface area contributed by atoms with E-state index >= 15 is 0 Å². The summed E-state index contributed by atoms with van der Waals surface area (Å²) in [4.78, 5) is 0. The van der Waals surface area contributed by atoms with Gasteiger partial charge in [0.2, 0.25) is 0 Å². The van der Waals surface area contributed by atoms with Crippen LogP contribution in [0.4, 0.5) is 0 Å². The maximum Gasteiger partial charge on any atom is -0.0201 e. The van der Waals surface area contributed by atoms with Crippen LogP contribution in [0.2, 0.25) is 0 Å². The minimum absolute atomic E-state index is 1.13. The van der Waals surface area contributed by atoms with Crippen LogP contribution in [0.25, 0.3) is 5.57 Å². The van der Waals surface area contributed by atoms with Gasteiger partial charge in [-0.25, -0.2) is 0 Å². The normalized spacial score (nSPS) is 10.0. The van der Waals surface area contributed by atoms with E-state index in [1.54, 1.807) is 0 Å². The average molecular weight is 174 g/mol. The van der Waals surface area contributed by atoms with Crippen molar-refractivity contribution in [2.24, 2.45) is 0 Å². The maximum atomic E-state index is 4.12. The van der Waals surface area contributed by atoms with Gasteiger partial charge >= 0.3 is 0 Å². The summed E-state index contributed by atoms with van der Waals surface area (Å²) in [7, 11) is 0. The first kappa shape index (κ1) is 10.0. The zero-order chi connectivity index (χ0) is 9.68. The van der Waals surface area contributed by atoms with Gasteiger partial charge in [-0.2, -0.15) is 0 Å². The number of allylic oxidation sites excluding steroid dienone is 1. The molecular weight excluding hydrogens is 156 g/mol. The van der Waals surface area contributed by atoms with Gasteiger partial charge in [0.25, 0.3) is 0 Å². The van der Waals surface area contributed by atoms with E-state index in [1.165, 1.54) is 29.5 Å². The third kappa shape index (κ3) is 2.73. The van der Waals surface area contributed by atoms with Crippen molar-refractivity contribution in [3.8, 4) is 0 Å². The van der Waals surface area contributed by atoms with Gasteiger partial charge in [-0.05, 0) is 36.5 Å². The molecule has 0 bridgehead atoms. The monoisotopic (exact) mass is 174 g/mol. The molecule has 1 rings (SSSR count). The van der Waals surface area contributed by atoms with Gasteiger partial charge in [0, 0.05) is 0 Å². The van der Waals surface area contributed by atoms with Crippen molar-refractivity contribution in [1.82, 2.24) is 0 Å². The van der Waals surface area contributed by atoms with E-state index < -0.39 is 0 Å². The summed E-state index contributed by atoms with van der Waals surface area (Å²) >= 11 is 0. The number of hydrogen-bond donors (Lipinski definition) is 0. The lowest BCUT2D eigenvalue weighted by Crippen LogP contribution is -1.87. The highest BCUT2D eigenvalue weighted by Gasteiger charge is 2.00. The lowest BCUT2D eigenvalue weighted by molar-refractivity contribution is 0.824. The first-order valence-corrected chi connectivity index (χ1v) is 4.99. The first-order chi connectivity index (χ1) is 6.25. The molecule has 0 heterocycles. The Kier molecular flexibility index (Phi) is 3.75. The molecule has 0 aliphatic carbocycles. The predicted molar refractivity (Wildman–Crippen MR) is 59.7 cm³/mol. The maximum absolute atomic E-state index is 4.12. The zero-order valence-electron chi connectivity index (χ0n) is 8.64. The van der Waals surface area contributed by atoms with Gasteiger partial charge in [-0.1, -0.05) is 44.2 Å². The minimum atomic E-state index is 1.13. The fraction of sp³-hybridized carbons (Fsp3) is 0.385. The molecule has 0 aromatic heterocycles. The molecule has 0 unspecified atom stereocenters. The fourth-order valence-corrected chi connectivity index (χ4v) is 1.49. The Bertz CT molecular complexity index is 284. The van der Waals surface area contributed by atoms with Crippen LogP contribution in [0, 0.1) is 6.92 Å². The molecule has 0 fully saturated rings. The molecule has 0 saturated heterocycles. The summed E-state index contributed by atoms with van der Waals surface area (Å²) in [6.07, 6.45) is 3.61. The van der Waals surface area contributed by atoms with Crippen LogP contribution in [-0.2, 0) is 0 Å². The standard InChI is InChI=1S/C13H18/c1-4-5-8-11(2)13-10-7-6-9-12(13)3/h6-7,9-10H,2,4-5,8H2,1,3H3. The Hall–Kier alpha value is -1.04. The Balaban J connectivity index is 2.71. The molecule has 0 atom stereocenters. The van der Waals surface area contributed by atoms with Crippen molar-refractivity contribution in [3.63, 3.8) is 0 Å². The number of benzene rings is 1. The molecule has 0 aliphatic rings. The lowest BCUT2D eigenvalue weighted by atomic mass is 9.98. The van der Waals surface area contributed by atoms with Crippen molar-refractivity contribution in [1.29, 1.82) is 0 Å². The van der Waals surface area contributed by atoms with Gasteiger partial charge in [0.05, 0.1) is 0 Å². The second-order valence-corrected chi connectivity index (χ2v) is 3.52. The summed E-state index contributed by atoms with van der Waals surface area (Å²) in [5.74, 6) is 0. The smallest absolute Gasteiger partial charge is 0.0201 e. The first-order valence-electron chi connectivity index (χ1n) is 4.99. The van der Waals surface area contributed by atoms with Crippen molar-refractivity contribution < 1.29 is 0 Å². The van der Waals surface area contributed by atoms with E-state index in [-0.39, 0.29) is 0 Å². The fourth-order valence-electron chi connectivity index (χ4n) is 1.49. The molecule has 0 saturated carbocycles. The molecule has 13 heavy (non-hydrogen) atoms. The summed E-state index contributed by atoms with van der Waals surface area (Å²) in [6.45, 7) is 8.48. The largest absolute Gasteiger partial charge is 0.0952 e. The summed E-state index contributed by atoms with van der Waals surface area (Å²) in [5.41, 5.74) is 3.94. The van der Waals surface area contributed by atoms with Crippen LogP contribution in [-0.4, -0.2) is 0 Å². The average Bonchev–Trinajstić information content (AvgIpc) is 2.15. The number of unbranched alkanes of at least 4 members (excludes halogenated alkanes) is 1. The Morgan fingerprint density at radius 3 is 2.62 bits per heavy atom. The number of aryl methyl sites for hydroxylation is 1. The highest BCUT2D eigenvalue weighted by atomic mass is 14.1. The van der Waals surface area contributed by atoms with E-state index in [9.17, 15) is 0 Å². The predicted octanol–water partition coefficient (Wildman–Crippen LogP) is 4.20. The Morgan fingerprint density at radius 1 is 1.31 bits per heavy atom. The Labute approximate surface area is 81.3 Å². The van der Waals surface area contributed by atoms with Gasteiger partial charge in [-0.3, -0.25) is 0 Å². The van der Waals surface area contributed by atoms with Crippen molar-refractivity contribution in [3.05, 3.63) is 42.0 Å². The highest BCUT2D eigenvalue weighted by Crippen LogP contribution is 2.21. The number of rotatable bonds is 4. The van der Waals surface area contributed by atoms with Crippen LogP contribution in [0.1, 0.15) is 37.3 Å². The minimum Gasteiger partial charge on any atom is -0.0952 e. The lowest BCUT2D eigenvalue weighted by Gasteiger charge is -2.07. The van der Waals surface area contributed by atoms with Crippen LogP contribution in [0.5, 0.6) is 0 Å². The van der Waals surface area contributed by atoms with Crippen molar-refractivity contribution >= 4 is 5.57 Å². The third-order valence-corrected chi connectivity index (χ3v) is 2.36. The number of hydrogen-bond acceptors (Lipinski definition) is 0. The van der Waals surface area contributed by atoms with E-state index in [0.29, 0.717) is 0 Å². The third-order valence-electron chi connectivity index (χ3n) is 2.36. The summed E-state index contributed by atoms with van der Waals surface area (Å²) in [6, 6.07) is 8.46. The molecule has 0 spiro atoms. The van der Waals surface area contributed by atoms with Crippen LogP contribution in [0.3, 0.4) is 0 Å². The van der Waals surface area contributed by atoms with Crippen LogP contribution >= 0.6 is 0 Å². The topological polar surface area (TPSA) is 0 Å². The molecular formula is C13H18. The van der Waals surface area contributed by atoms with Crippen LogP contribution in [0.15, 0.2) is 30.8 Å². The van der Waals surface area contributed by atoms with Gasteiger partial charge in [0.15, 0.2) is 0 Å². The second kappa shape index (κ2) is 4.86. The molecule has 1 aromatic carbocycles. The van der Waals surface area contributed by atoms with E-state index in [2.05, 4.69) is 44.7 Å².